The summed E-state index contributed by atoms with van der Waals surface area (Å²) in [6.45, 7) is 2.31. The second kappa shape index (κ2) is 9.70. The Labute approximate surface area is 185 Å². The zero-order chi connectivity index (χ0) is 22.3. The average molecular weight is 427 g/mol. The molecule has 0 fully saturated rings. The van der Waals surface area contributed by atoms with Gasteiger partial charge in [-0.15, -0.1) is 0 Å². The Morgan fingerprint density at radius 3 is 2.38 bits per heavy atom. The summed E-state index contributed by atoms with van der Waals surface area (Å²) in [5.74, 6) is -0.724. The lowest BCUT2D eigenvalue weighted by molar-refractivity contribution is -0.125. The molecule has 0 spiro atoms. The first-order valence-electron chi connectivity index (χ1n) is 10.2. The quantitative estimate of drug-likeness (QED) is 0.435. The molecule has 3 aromatic carbocycles. The van der Waals surface area contributed by atoms with Gasteiger partial charge in [-0.05, 0) is 31.2 Å². The second-order valence-corrected chi connectivity index (χ2v) is 6.86. The number of amides is 1. The molecule has 4 rings (SSSR count). The number of rotatable bonds is 7. The van der Waals surface area contributed by atoms with Crippen molar-refractivity contribution in [2.24, 2.45) is 0 Å². The van der Waals surface area contributed by atoms with Crippen molar-refractivity contribution in [1.82, 2.24) is 9.97 Å². The molecule has 7 nitrogen and oxygen atoms in total. The molecule has 0 bridgehead atoms. The van der Waals surface area contributed by atoms with Gasteiger partial charge in [-0.1, -0.05) is 54.6 Å². The van der Waals surface area contributed by atoms with Gasteiger partial charge >= 0.3 is 5.97 Å². The molecule has 1 N–H and O–H groups in total. The number of anilines is 1. The van der Waals surface area contributed by atoms with Crippen LogP contribution in [-0.4, -0.2) is 28.5 Å². The normalized spacial score (nSPS) is 11.5. The topological polar surface area (TPSA) is 90.4 Å². The number of aromatic nitrogens is 2. The highest BCUT2D eigenvalue weighted by atomic mass is 16.5. The maximum atomic E-state index is 13.2. The molecule has 7 heteroatoms. The molecular formula is C25H21N3O4. The number of nitrogens with zero attached hydrogens (tertiary/aromatic N) is 2. The summed E-state index contributed by atoms with van der Waals surface area (Å²) in [5, 5.41) is 2.80. The van der Waals surface area contributed by atoms with Gasteiger partial charge < -0.3 is 14.8 Å². The second-order valence-electron chi connectivity index (χ2n) is 6.86. The summed E-state index contributed by atoms with van der Waals surface area (Å²) in [6.07, 6.45) is 0.154. The Balaban J connectivity index is 1.61. The first-order chi connectivity index (χ1) is 15.7. The van der Waals surface area contributed by atoms with E-state index in [-0.39, 0.29) is 5.69 Å². The molecule has 0 radical (unpaired) electrons. The van der Waals surface area contributed by atoms with E-state index in [4.69, 9.17) is 9.47 Å². The van der Waals surface area contributed by atoms with Crippen LogP contribution < -0.4 is 10.1 Å². The minimum atomic E-state index is -1.19. The van der Waals surface area contributed by atoms with Gasteiger partial charge in [0, 0.05) is 5.56 Å². The third kappa shape index (κ3) is 4.73. The van der Waals surface area contributed by atoms with E-state index in [0.29, 0.717) is 34.6 Å². The lowest BCUT2D eigenvalue weighted by atomic mass is 10.1. The van der Waals surface area contributed by atoms with Crippen molar-refractivity contribution in [3.63, 3.8) is 0 Å². The van der Waals surface area contributed by atoms with Crippen molar-refractivity contribution < 1.29 is 19.1 Å². The van der Waals surface area contributed by atoms with Crippen molar-refractivity contribution in [1.29, 1.82) is 0 Å². The minimum Gasteiger partial charge on any atom is -0.492 e. The fraction of sp³-hybridized carbons (Fsp3) is 0.120. The molecule has 1 unspecified atom stereocenters. The molecule has 1 amide bonds. The van der Waals surface area contributed by atoms with Gasteiger partial charge in [-0.25, -0.2) is 9.78 Å². The van der Waals surface area contributed by atoms with Crippen molar-refractivity contribution in [2.45, 2.75) is 13.0 Å². The van der Waals surface area contributed by atoms with E-state index in [9.17, 15) is 9.59 Å². The number of fused-ring (bicyclic) bond motifs is 1. The van der Waals surface area contributed by atoms with Crippen LogP contribution in [0.5, 0.6) is 5.75 Å². The summed E-state index contributed by atoms with van der Waals surface area (Å²) >= 11 is 0. The van der Waals surface area contributed by atoms with Gasteiger partial charge in [0.05, 0.1) is 29.5 Å². The first-order valence-corrected chi connectivity index (χ1v) is 10.2. The van der Waals surface area contributed by atoms with Gasteiger partial charge in [0.15, 0.2) is 5.69 Å². The molecule has 1 atom stereocenters. The van der Waals surface area contributed by atoms with E-state index in [1.54, 1.807) is 54.6 Å². The van der Waals surface area contributed by atoms with Crippen molar-refractivity contribution >= 4 is 28.6 Å². The molecule has 0 aliphatic carbocycles. The van der Waals surface area contributed by atoms with Crippen molar-refractivity contribution in [3.8, 4) is 5.75 Å². The largest absolute Gasteiger partial charge is 0.492 e. The Bertz CT molecular complexity index is 1240. The van der Waals surface area contributed by atoms with E-state index in [2.05, 4.69) is 15.3 Å². The number of ether oxygens (including phenoxy) is 2. The Hall–Kier alpha value is -4.26. The van der Waals surface area contributed by atoms with E-state index >= 15 is 0 Å². The van der Waals surface area contributed by atoms with Crippen LogP contribution in [-0.2, 0) is 9.53 Å². The molecule has 4 aromatic rings. The predicted octanol–water partition coefficient (Wildman–Crippen LogP) is 4.57. The van der Waals surface area contributed by atoms with Gasteiger partial charge in [-0.3, -0.25) is 9.78 Å². The molecule has 1 aromatic heterocycles. The zero-order valence-electron chi connectivity index (χ0n) is 17.4. The smallest absolute Gasteiger partial charge is 0.359 e. The number of carbonyl (C=O) groups is 2. The fourth-order valence-corrected chi connectivity index (χ4v) is 3.17. The third-order valence-electron chi connectivity index (χ3n) is 4.67. The van der Waals surface area contributed by atoms with Gasteiger partial charge in [0.25, 0.3) is 5.91 Å². The number of hydrogen-bond acceptors (Lipinski definition) is 6. The van der Waals surface area contributed by atoms with Crippen LogP contribution >= 0.6 is 0 Å². The molecular weight excluding hydrogens is 406 g/mol. The highest BCUT2D eigenvalue weighted by Crippen LogP contribution is 2.27. The summed E-state index contributed by atoms with van der Waals surface area (Å²) in [7, 11) is 0. The predicted molar refractivity (Wildman–Crippen MR) is 120 cm³/mol. The van der Waals surface area contributed by atoms with Crippen LogP contribution in [0.1, 0.15) is 29.1 Å². The lowest BCUT2D eigenvalue weighted by Gasteiger charge is -2.19. The zero-order valence-corrected chi connectivity index (χ0v) is 17.4. The highest BCUT2D eigenvalue weighted by Gasteiger charge is 2.27. The maximum Gasteiger partial charge on any atom is 0.359 e. The monoisotopic (exact) mass is 427 g/mol. The molecule has 0 saturated heterocycles. The number of benzene rings is 3. The van der Waals surface area contributed by atoms with Gasteiger partial charge in [-0.2, -0.15) is 0 Å². The van der Waals surface area contributed by atoms with E-state index in [1.165, 1.54) is 6.20 Å². The Morgan fingerprint density at radius 2 is 1.59 bits per heavy atom. The van der Waals surface area contributed by atoms with Crippen molar-refractivity contribution in [3.05, 3.63) is 96.3 Å². The Kier molecular flexibility index (Phi) is 6.36. The van der Waals surface area contributed by atoms with Crippen LogP contribution in [0.25, 0.3) is 11.0 Å². The summed E-state index contributed by atoms with van der Waals surface area (Å²) < 4.78 is 11.2. The molecule has 0 saturated carbocycles. The number of hydrogen-bond donors (Lipinski definition) is 1. The van der Waals surface area contributed by atoms with Crippen LogP contribution in [0.15, 0.2) is 85.1 Å². The summed E-state index contributed by atoms with van der Waals surface area (Å²) in [5.41, 5.74) is 2.26. The van der Waals surface area contributed by atoms with Crippen LogP contribution in [0, 0.1) is 0 Å². The Morgan fingerprint density at radius 1 is 0.906 bits per heavy atom. The standard InChI is InChI=1S/C25H21N3O4/c1-2-31-22-15-9-8-14-20(22)28-24(29)23(17-10-4-3-5-11-17)32-25(30)21-16-26-18-12-6-7-13-19(18)27-21/h3-16,23H,2H2,1H3,(H,28,29). The van der Waals surface area contributed by atoms with E-state index in [0.717, 1.165) is 0 Å². The third-order valence-corrected chi connectivity index (χ3v) is 4.67. The number of nitrogens with one attached hydrogen (secondary N) is 1. The molecule has 160 valence electrons. The minimum absolute atomic E-state index is 0.0205. The average Bonchev–Trinajstić information content (AvgIpc) is 2.84. The van der Waals surface area contributed by atoms with Crippen LogP contribution in [0.3, 0.4) is 0 Å². The van der Waals surface area contributed by atoms with Crippen LogP contribution in [0.2, 0.25) is 0 Å². The summed E-state index contributed by atoms with van der Waals surface area (Å²) in [6, 6.07) is 23.1. The van der Waals surface area contributed by atoms with Gasteiger partial charge in [0.2, 0.25) is 6.10 Å². The molecule has 0 aliphatic heterocycles. The molecule has 0 aliphatic rings. The van der Waals surface area contributed by atoms with Gasteiger partial charge in [0.1, 0.15) is 5.75 Å². The van der Waals surface area contributed by atoms with E-state index < -0.39 is 18.0 Å². The number of para-hydroxylation sites is 4. The first kappa shape index (κ1) is 21.0. The number of carbonyl (C=O) groups excluding carboxylic acids is 2. The number of esters is 1. The SMILES string of the molecule is CCOc1ccccc1NC(=O)C(OC(=O)c1cnc2ccccc2n1)c1ccccc1. The molecule has 32 heavy (non-hydrogen) atoms. The fourth-order valence-electron chi connectivity index (χ4n) is 3.17. The van der Waals surface area contributed by atoms with Crippen LogP contribution in [0.4, 0.5) is 5.69 Å². The lowest BCUT2D eigenvalue weighted by Crippen LogP contribution is -2.26. The summed E-state index contributed by atoms with van der Waals surface area (Å²) in [4.78, 5) is 34.6. The maximum absolute atomic E-state index is 13.2. The van der Waals surface area contributed by atoms with E-state index in [1.807, 2.05) is 31.2 Å². The highest BCUT2D eigenvalue weighted by molar-refractivity contribution is 5.98. The molecule has 1 heterocycles. The van der Waals surface area contributed by atoms with Crippen molar-refractivity contribution in [2.75, 3.05) is 11.9 Å².